The zero-order valence-corrected chi connectivity index (χ0v) is 48.7. The predicted molar refractivity (Wildman–Crippen MR) is 312 cm³/mol. The van der Waals surface area contributed by atoms with Gasteiger partial charge in [0.15, 0.2) is 6.10 Å². The van der Waals surface area contributed by atoms with Crippen molar-refractivity contribution in [2.45, 2.75) is 367 Å². The number of ether oxygens (including phenoxy) is 3. The van der Waals surface area contributed by atoms with E-state index in [1.54, 1.807) is 0 Å². The number of rotatable bonds is 60. The van der Waals surface area contributed by atoms with E-state index in [9.17, 15) is 14.4 Å². The number of allylic oxidation sites excluding steroid dienone is 4. The SMILES string of the molecule is CCCC/C=C\C/C=C\CCCCCCCC(=O)OCC(COC(=O)CCCCCCCCCCCCCCCCCCCCCCCC)OC(=O)CCCCCCCCCCCCCCCCCCCC. The van der Waals surface area contributed by atoms with Crippen molar-refractivity contribution in [3.05, 3.63) is 24.3 Å². The Morgan fingerprint density at radius 1 is 0.278 bits per heavy atom. The van der Waals surface area contributed by atoms with E-state index < -0.39 is 6.10 Å². The maximum atomic E-state index is 12.9. The van der Waals surface area contributed by atoms with Gasteiger partial charge < -0.3 is 14.2 Å². The van der Waals surface area contributed by atoms with Crippen LogP contribution in [0.25, 0.3) is 0 Å². The van der Waals surface area contributed by atoms with Gasteiger partial charge in [-0.05, 0) is 44.9 Å². The Morgan fingerprint density at radius 3 is 0.806 bits per heavy atom. The van der Waals surface area contributed by atoms with Crippen LogP contribution in [0.5, 0.6) is 0 Å². The van der Waals surface area contributed by atoms with Gasteiger partial charge in [0.1, 0.15) is 13.2 Å². The zero-order chi connectivity index (χ0) is 52.2. The first-order valence-corrected chi connectivity index (χ1v) is 32.3. The van der Waals surface area contributed by atoms with Crippen molar-refractivity contribution in [2.24, 2.45) is 0 Å². The van der Waals surface area contributed by atoms with Crippen LogP contribution in [0.15, 0.2) is 24.3 Å². The van der Waals surface area contributed by atoms with Crippen LogP contribution in [0.3, 0.4) is 0 Å². The van der Waals surface area contributed by atoms with Crippen molar-refractivity contribution in [1.82, 2.24) is 0 Å². The van der Waals surface area contributed by atoms with Crippen molar-refractivity contribution in [1.29, 1.82) is 0 Å². The minimum Gasteiger partial charge on any atom is -0.462 e. The van der Waals surface area contributed by atoms with Crippen molar-refractivity contribution >= 4 is 17.9 Å². The molecule has 0 bridgehead atoms. The maximum Gasteiger partial charge on any atom is 0.306 e. The van der Waals surface area contributed by atoms with E-state index in [-0.39, 0.29) is 31.1 Å². The number of carbonyl (C=O) groups is 3. The van der Waals surface area contributed by atoms with Crippen LogP contribution in [-0.2, 0) is 28.6 Å². The number of hydrogen-bond donors (Lipinski definition) is 0. The van der Waals surface area contributed by atoms with Gasteiger partial charge in [-0.25, -0.2) is 0 Å². The van der Waals surface area contributed by atoms with Gasteiger partial charge in [0.2, 0.25) is 0 Å². The molecular formula is C66H124O6. The molecule has 0 amide bonds. The summed E-state index contributed by atoms with van der Waals surface area (Å²) in [5.41, 5.74) is 0. The Morgan fingerprint density at radius 2 is 0.514 bits per heavy atom. The molecule has 0 radical (unpaired) electrons. The summed E-state index contributed by atoms with van der Waals surface area (Å²) in [6.07, 6.45) is 73.3. The van der Waals surface area contributed by atoms with E-state index in [0.717, 1.165) is 77.0 Å². The molecule has 0 aliphatic rings. The van der Waals surface area contributed by atoms with E-state index >= 15 is 0 Å². The second-order valence-electron chi connectivity index (χ2n) is 22.0. The standard InChI is InChI=1S/C66H124O6/c1-4-7-10-13-16-19-22-25-28-30-32-33-34-35-37-38-41-44-47-50-53-56-59-65(68)71-62-63(61-70-64(67)58-55-52-49-46-43-40-27-24-21-18-15-12-9-6-3)72-66(69)60-57-54-51-48-45-42-39-36-31-29-26-23-20-17-14-11-8-5-2/h15,18,24,27,63H,4-14,16-17,19-23,25-26,28-62H2,1-3H3/b18-15-,27-24-. The van der Waals surface area contributed by atoms with E-state index in [1.165, 1.54) is 244 Å². The van der Waals surface area contributed by atoms with Gasteiger partial charge in [-0.3, -0.25) is 14.4 Å². The van der Waals surface area contributed by atoms with E-state index in [1.807, 2.05) is 0 Å². The first kappa shape index (κ1) is 69.9. The third-order valence-corrected chi connectivity index (χ3v) is 14.7. The van der Waals surface area contributed by atoms with Gasteiger partial charge in [-0.15, -0.1) is 0 Å². The Labute approximate surface area is 449 Å². The third-order valence-electron chi connectivity index (χ3n) is 14.7. The van der Waals surface area contributed by atoms with Crippen LogP contribution in [0.2, 0.25) is 0 Å². The van der Waals surface area contributed by atoms with Crippen LogP contribution < -0.4 is 0 Å². The minimum atomic E-state index is -0.773. The molecule has 0 heterocycles. The van der Waals surface area contributed by atoms with Gasteiger partial charge in [-0.1, -0.05) is 321 Å². The molecule has 0 fully saturated rings. The number of carbonyl (C=O) groups excluding carboxylic acids is 3. The fourth-order valence-corrected chi connectivity index (χ4v) is 9.82. The normalized spacial score (nSPS) is 12.1. The quantitative estimate of drug-likeness (QED) is 0.0261. The largest absolute Gasteiger partial charge is 0.462 e. The maximum absolute atomic E-state index is 12.9. The first-order valence-electron chi connectivity index (χ1n) is 32.3. The summed E-state index contributed by atoms with van der Waals surface area (Å²) in [5.74, 6) is -0.856. The van der Waals surface area contributed by atoms with Crippen LogP contribution in [0.1, 0.15) is 361 Å². The molecule has 0 aromatic rings. The van der Waals surface area contributed by atoms with E-state index in [0.29, 0.717) is 19.3 Å². The Balaban J connectivity index is 4.27. The lowest BCUT2D eigenvalue weighted by Crippen LogP contribution is -2.30. The highest BCUT2D eigenvalue weighted by molar-refractivity contribution is 5.71. The van der Waals surface area contributed by atoms with Crippen LogP contribution in [-0.4, -0.2) is 37.2 Å². The summed E-state index contributed by atoms with van der Waals surface area (Å²) >= 11 is 0. The van der Waals surface area contributed by atoms with Crippen molar-refractivity contribution in [3.8, 4) is 0 Å². The van der Waals surface area contributed by atoms with Gasteiger partial charge in [-0.2, -0.15) is 0 Å². The van der Waals surface area contributed by atoms with Crippen LogP contribution >= 0.6 is 0 Å². The number of hydrogen-bond acceptors (Lipinski definition) is 6. The van der Waals surface area contributed by atoms with E-state index in [4.69, 9.17) is 14.2 Å². The predicted octanol–water partition coefficient (Wildman–Crippen LogP) is 21.8. The Bertz CT molecular complexity index is 1160. The molecule has 0 rings (SSSR count). The molecule has 0 spiro atoms. The highest BCUT2D eigenvalue weighted by Gasteiger charge is 2.19. The summed E-state index contributed by atoms with van der Waals surface area (Å²) in [5, 5.41) is 0. The summed E-state index contributed by atoms with van der Waals surface area (Å²) < 4.78 is 16.9. The average molecular weight is 1010 g/mol. The topological polar surface area (TPSA) is 78.9 Å². The Hall–Kier alpha value is -2.11. The highest BCUT2D eigenvalue weighted by Crippen LogP contribution is 2.18. The molecule has 1 atom stereocenters. The second-order valence-corrected chi connectivity index (χ2v) is 22.0. The molecule has 0 aliphatic heterocycles. The fraction of sp³-hybridized carbons (Fsp3) is 0.894. The first-order chi connectivity index (χ1) is 35.5. The van der Waals surface area contributed by atoms with E-state index in [2.05, 4.69) is 45.1 Å². The smallest absolute Gasteiger partial charge is 0.306 e. The molecule has 0 saturated heterocycles. The molecular weight excluding hydrogens is 889 g/mol. The summed E-state index contributed by atoms with van der Waals surface area (Å²) in [6.45, 7) is 6.66. The molecule has 6 heteroatoms. The lowest BCUT2D eigenvalue weighted by Gasteiger charge is -2.18. The highest BCUT2D eigenvalue weighted by atomic mass is 16.6. The third kappa shape index (κ3) is 58.8. The zero-order valence-electron chi connectivity index (χ0n) is 48.7. The molecule has 424 valence electrons. The lowest BCUT2D eigenvalue weighted by molar-refractivity contribution is -0.167. The Kier molecular flexibility index (Phi) is 59.6. The molecule has 0 aromatic heterocycles. The molecule has 72 heavy (non-hydrogen) atoms. The molecule has 0 saturated carbocycles. The minimum absolute atomic E-state index is 0.0696. The van der Waals surface area contributed by atoms with Crippen LogP contribution in [0, 0.1) is 0 Å². The lowest BCUT2D eigenvalue weighted by atomic mass is 10.0. The average Bonchev–Trinajstić information content (AvgIpc) is 3.38. The second kappa shape index (κ2) is 61.4. The molecule has 0 N–H and O–H groups in total. The van der Waals surface area contributed by atoms with Gasteiger partial charge in [0, 0.05) is 19.3 Å². The van der Waals surface area contributed by atoms with Crippen LogP contribution in [0.4, 0.5) is 0 Å². The molecule has 0 aliphatic carbocycles. The van der Waals surface area contributed by atoms with Gasteiger partial charge in [0.05, 0.1) is 0 Å². The number of esters is 3. The number of unbranched alkanes of at least 4 members (excludes halogenated alkanes) is 45. The summed E-state index contributed by atoms with van der Waals surface area (Å²) in [6, 6.07) is 0. The summed E-state index contributed by atoms with van der Waals surface area (Å²) in [4.78, 5) is 38.3. The molecule has 6 nitrogen and oxygen atoms in total. The van der Waals surface area contributed by atoms with Gasteiger partial charge >= 0.3 is 17.9 Å². The summed E-state index contributed by atoms with van der Waals surface area (Å²) in [7, 11) is 0. The monoisotopic (exact) mass is 1010 g/mol. The molecule has 1 unspecified atom stereocenters. The fourth-order valence-electron chi connectivity index (χ4n) is 9.82. The van der Waals surface area contributed by atoms with Gasteiger partial charge in [0.25, 0.3) is 0 Å². The van der Waals surface area contributed by atoms with Crippen molar-refractivity contribution in [2.75, 3.05) is 13.2 Å². The van der Waals surface area contributed by atoms with Crippen molar-refractivity contribution in [3.63, 3.8) is 0 Å². The molecule has 0 aromatic carbocycles. The van der Waals surface area contributed by atoms with Crippen molar-refractivity contribution < 1.29 is 28.6 Å².